The Morgan fingerprint density at radius 3 is 3.00 bits per heavy atom. The fourth-order valence-electron chi connectivity index (χ4n) is 2.25. The van der Waals surface area contributed by atoms with Crippen LogP contribution >= 0.6 is 0 Å². The third-order valence-corrected chi connectivity index (χ3v) is 2.99. The maximum absolute atomic E-state index is 3.41. The summed E-state index contributed by atoms with van der Waals surface area (Å²) >= 11 is 0. The molecule has 2 heterocycles. The average Bonchev–Trinajstić information content (AvgIpc) is 2.68. The molecule has 14 heavy (non-hydrogen) atoms. The van der Waals surface area contributed by atoms with Crippen molar-refractivity contribution in [3.63, 3.8) is 0 Å². The number of benzene rings is 1. The highest BCUT2D eigenvalue weighted by Crippen LogP contribution is 2.36. The van der Waals surface area contributed by atoms with Crippen LogP contribution in [-0.2, 0) is 5.54 Å². The maximum Gasteiger partial charge on any atom is 0.0853 e. The van der Waals surface area contributed by atoms with Gasteiger partial charge in [0.25, 0.3) is 0 Å². The zero-order valence-corrected chi connectivity index (χ0v) is 7.88. The molecule has 0 amide bonds. The van der Waals surface area contributed by atoms with Crippen molar-refractivity contribution in [2.45, 2.75) is 12.0 Å². The van der Waals surface area contributed by atoms with Gasteiger partial charge in [0.2, 0.25) is 0 Å². The molecule has 3 nitrogen and oxygen atoms in total. The summed E-state index contributed by atoms with van der Waals surface area (Å²) in [5.41, 5.74) is 8.96. The summed E-state index contributed by atoms with van der Waals surface area (Å²) < 4.78 is 0. The highest BCUT2D eigenvalue weighted by atomic mass is 15.4. The molecule has 1 aromatic carbocycles. The Morgan fingerprint density at radius 2 is 2.14 bits per heavy atom. The lowest BCUT2D eigenvalue weighted by atomic mass is 9.84. The summed E-state index contributed by atoms with van der Waals surface area (Å²) in [6.07, 6.45) is 5.25. The minimum Gasteiger partial charge on any atom is -0.385 e. The maximum atomic E-state index is 3.41. The molecule has 1 unspecified atom stereocenters. The van der Waals surface area contributed by atoms with E-state index in [0.29, 0.717) is 0 Å². The van der Waals surface area contributed by atoms with E-state index >= 15 is 0 Å². The van der Waals surface area contributed by atoms with Crippen LogP contribution < -0.4 is 16.2 Å². The van der Waals surface area contributed by atoms with Crippen LogP contribution in [0.25, 0.3) is 0 Å². The third-order valence-electron chi connectivity index (χ3n) is 2.99. The molecule has 0 aromatic heterocycles. The second-order valence-electron chi connectivity index (χ2n) is 3.80. The lowest BCUT2D eigenvalue weighted by Gasteiger charge is -2.34. The molecule has 3 N–H and O–H groups in total. The van der Waals surface area contributed by atoms with Crippen molar-refractivity contribution in [3.8, 4) is 0 Å². The van der Waals surface area contributed by atoms with Crippen LogP contribution in [0.5, 0.6) is 0 Å². The number of hydrazine groups is 1. The van der Waals surface area contributed by atoms with Crippen LogP contribution in [0.1, 0.15) is 12.0 Å². The number of nitrogens with one attached hydrogen (secondary N) is 3. The Kier molecular flexibility index (Phi) is 1.55. The Labute approximate surface area is 83.2 Å². The van der Waals surface area contributed by atoms with E-state index in [9.17, 15) is 0 Å². The molecule has 2 aliphatic rings. The molecule has 1 aromatic rings. The highest BCUT2D eigenvalue weighted by molar-refractivity contribution is 5.58. The molecule has 72 valence electrons. The largest absolute Gasteiger partial charge is 0.385 e. The first kappa shape index (κ1) is 7.88. The van der Waals surface area contributed by atoms with Gasteiger partial charge in [0, 0.05) is 24.0 Å². The van der Waals surface area contributed by atoms with Gasteiger partial charge in [-0.2, -0.15) is 0 Å². The molecule has 1 atom stereocenters. The SMILES string of the molecule is C1=CC2(CCNc3ccccc32)NN1. The molecule has 0 saturated heterocycles. The number of rotatable bonds is 0. The summed E-state index contributed by atoms with van der Waals surface area (Å²) in [4.78, 5) is 0. The van der Waals surface area contributed by atoms with Crippen molar-refractivity contribution < 1.29 is 0 Å². The number of hydrogen-bond acceptors (Lipinski definition) is 3. The van der Waals surface area contributed by atoms with Gasteiger partial charge < -0.3 is 10.7 Å². The van der Waals surface area contributed by atoms with E-state index in [1.807, 2.05) is 6.20 Å². The van der Waals surface area contributed by atoms with Gasteiger partial charge in [0.1, 0.15) is 0 Å². The topological polar surface area (TPSA) is 36.1 Å². The normalized spacial score (nSPS) is 28.3. The van der Waals surface area contributed by atoms with Crippen LogP contribution in [0.2, 0.25) is 0 Å². The van der Waals surface area contributed by atoms with Gasteiger partial charge in [-0.25, -0.2) is 5.43 Å². The monoisotopic (exact) mass is 187 g/mol. The first-order chi connectivity index (χ1) is 6.91. The third kappa shape index (κ3) is 0.960. The first-order valence-corrected chi connectivity index (χ1v) is 4.95. The van der Waals surface area contributed by atoms with E-state index in [2.05, 4.69) is 46.5 Å². The fraction of sp³-hybridized carbons (Fsp3) is 0.273. The predicted molar refractivity (Wildman–Crippen MR) is 56.6 cm³/mol. The van der Waals surface area contributed by atoms with Gasteiger partial charge in [-0.1, -0.05) is 18.2 Å². The minimum absolute atomic E-state index is 0.00183. The molecular formula is C11H13N3. The summed E-state index contributed by atoms with van der Waals surface area (Å²) in [6, 6.07) is 8.45. The molecule has 3 rings (SSSR count). The van der Waals surface area contributed by atoms with Crippen LogP contribution in [0.15, 0.2) is 36.5 Å². The molecule has 0 fully saturated rings. The molecule has 1 spiro atoms. The van der Waals surface area contributed by atoms with E-state index in [4.69, 9.17) is 0 Å². The van der Waals surface area contributed by atoms with E-state index in [1.54, 1.807) is 0 Å². The van der Waals surface area contributed by atoms with Gasteiger partial charge in [-0.15, -0.1) is 0 Å². The number of fused-ring (bicyclic) bond motifs is 2. The molecule has 0 bridgehead atoms. The van der Waals surface area contributed by atoms with Crippen LogP contribution in [-0.4, -0.2) is 6.54 Å². The Morgan fingerprint density at radius 1 is 1.21 bits per heavy atom. The van der Waals surface area contributed by atoms with E-state index in [-0.39, 0.29) is 5.54 Å². The summed E-state index contributed by atoms with van der Waals surface area (Å²) in [5, 5.41) is 3.41. The second-order valence-corrected chi connectivity index (χ2v) is 3.80. The highest BCUT2D eigenvalue weighted by Gasteiger charge is 2.35. The summed E-state index contributed by atoms with van der Waals surface area (Å²) in [6.45, 7) is 1.01. The molecule has 0 saturated carbocycles. The quantitative estimate of drug-likeness (QED) is 0.573. The molecule has 0 radical (unpaired) electrons. The van der Waals surface area contributed by atoms with Crippen molar-refractivity contribution in [3.05, 3.63) is 42.1 Å². The van der Waals surface area contributed by atoms with Gasteiger partial charge in [0.15, 0.2) is 0 Å². The fourth-order valence-corrected chi connectivity index (χ4v) is 2.25. The lowest BCUT2D eigenvalue weighted by molar-refractivity contribution is 0.388. The molecule has 2 aliphatic heterocycles. The first-order valence-electron chi connectivity index (χ1n) is 4.95. The lowest BCUT2D eigenvalue weighted by Crippen LogP contribution is -2.45. The van der Waals surface area contributed by atoms with Gasteiger partial charge >= 0.3 is 0 Å². The van der Waals surface area contributed by atoms with E-state index in [1.165, 1.54) is 11.3 Å². The number of para-hydroxylation sites is 1. The predicted octanol–water partition coefficient (Wildman–Crippen LogP) is 1.32. The molecular weight excluding hydrogens is 174 g/mol. The molecule has 3 heteroatoms. The molecule has 0 aliphatic carbocycles. The zero-order valence-electron chi connectivity index (χ0n) is 7.88. The Bertz CT molecular complexity index is 386. The van der Waals surface area contributed by atoms with Crippen molar-refractivity contribution in [2.75, 3.05) is 11.9 Å². The smallest absolute Gasteiger partial charge is 0.0853 e. The number of hydrogen-bond donors (Lipinski definition) is 3. The van der Waals surface area contributed by atoms with Crippen molar-refractivity contribution in [1.82, 2.24) is 10.9 Å². The second kappa shape index (κ2) is 2.75. The van der Waals surface area contributed by atoms with Gasteiger partial charge in [-0.05, 0) is 18.6 Å². The van der Waals surface area contributed by atoms with Crippen LogP contribution in [0, 0.1) is 0 Å². The van der Waals surface area contributed by atoms with Gasteiger partial charge in [-0.3, -0.25) is 0 Å². The standard InChI is InChI=1S/C11H13N3/c1-2-4-10-9(3-1)11(5-7-12-10)6-8-13-14-11/h1-4,6,8,12-14H,5,7H2. The van der Waals surface area contributed by atoms with Crippen LogP contribution in [0.3, 0.4) is 0 Å². The van der Waals surface area contributed by atoms with E-state index < -0.39 is 0 Å². The van der Waals surface area contributed by atoms with Crippen molar-refractivity contribution in [2.24, 2.45) is 0 Å². The zero-order chi connectivity index (χ0) is 9.43. The van der Waals surface area contributed by atoms with E-state index in [0.717, 1.165) is 13.0 Å². The average molecular weight is 187 g/mol. The van der Waals surface area contributed by atoms with Crippen molar-refractivity contribution >= 4 is 5.69 Å². The van der Waals surface area contributed by atoms with Crippen molar-refractivity contribution in [1.29, 1.82) is 0 Å². The summed E-state index contributed by atoms with van der Waals surface area (Å²) in [5.74, 6) is 0. The minimum atomic E-state index is 0.00183. The summed E-state index contributed by atoms with van der Waals surface area (Å²) in [7, 11) is 0. The number of anilines is 1. The van der Waals surface area contributed by atoms with Crippen LogP contribution in [0.4, 0.5) is 5.69 Å². The van der Waals surface area contributed by atoms with Gasteiger partial charge in [0.05, 0.1) is 5.54 Å². The Hall–Kier alpha value is -1.48. The Balaban J connectivity index is 2.15.